The van der Waals surface area contributed by atoms with Crippen LogP contribution in [0.2, 0.25) is 0 Å². The number of ether oxygens (including phenoxy) is 1. The molecule has 0 heterocycles. The van der Waals surface area contributed by atoms with E-state index in [1.54, 1.807) is 7.11 Å². The first-order valence-corrected chi connectivity index (χ1v) is 3.94. The summed E-state index contributed by atoms with van der Waals surface area (Å²) in [5, 5.41) is 2.34. The van der Waals surface area contributed by atoms with Crippen molar-refractivity contribution in [3.05, 3.63) is 29.8 Å². The third-order valence-electron chi connectivity index (χ3n) is 1.46. The topological polar surface area (TPSA) is 21.6 Å². The van der Waals surface area contributed by atoms with Gasteiger partial charge in [-0.2, -0.15) is 4.99 Å². The van der Waals surface area contributed by atoms with E-state index in [4.69, 9.17) is 4.74 Å². The number of rotatable bonds is 3. The molecule has 0 N–H and O–H groups in total. The zero-order valence-electron chi connectivity index (χ0n) is 6.78. The maximum atomic E-state index is 4.99. The standard InChI is InChI=1S/C9H9NOS/c1-11-6-8-4-2-3-5-9(8)10-7-12/h2-5H,6H2,1H3. The molecule has 1 aromatic carbocycles. The summed E-state index contributed by atoms with van der Waals surface area (Å²) in [4.78, 5) is 3.91. The van der Waals surface area contributed by atoms with Gasteiger partial charge in [-0.1, -0.05) is 18.2 Å². The van der Waals surface area contributed by atoms with E-state index in [-0.39, 0.29) is 0 Å². The zero-order valence-corrected chi connectivity index (χ0v) is 7.60. The van der Waals surface area contributed by atoms with E-state index in [0.29, 0.717) is 6.61 Å². The van der Waals surface area contributed by atoms with Gasteiger partial charge in [0.2, 0.25) is 0 Å². The van der Waals surface area contributed by atoms with Crippen LogP contribution in [0.15, 0.2) is 29.3 Å². The first-order valence-electron chi connectivity index (χ1n) is 3.53. The quantitative estimate of drug-likeness (QED) is 0.525. The number of benzene rings is 1. The van der Waals surface area contributed by atoms with E-state index in [2.05, 4.69) is 22.4 Å². The van der Waals surface area contributed by atoms with Crippen LogP contribution in [0.5, 0.6) is 0 Å². The highest BCUT2D eigenvalue weighted by Gasteiger charge is 1.97. The molecular formula is C9H9NOS. The number of thiocarbonyl (C=S) groups is 1. The Labute approximate surface area is 76.9 Å². The van der Waals surface area contributed by atoms with Crippen molar-refractivity contribution in [3.63, 3.8) is 0 Å². The summed E-state index contributed by atoms with van der Waals surface area (Å²) in [6.07, 6.45) is 0. The van der Waals surface area contributed by atoms with Gasteiger partial charge in [-0.3, -0.25) is 0 Å². The van der Waals surface area contributed by atoms with Crippen LogP contribution >= 0.6 is 12.2 Å². The van der Waals surface area contributed by atoms with Gasteiger partial charge < -0.3 is 4.74 Å². The lowest BCUT2D eigenvalue weighted by Crippen LogP contribution is -1.86. The van der Waals surface area contributed by atoms with Crippen molar-refractivity contribution < 1.29 is 4.74 Å². The smallest absolute Gasteiger partial charge is 0.0794 e. The molecular weight excluding hydrogens is 170 g/mol. The van der Waals surface area contributed by atoms with Crippen molar-refractivity contribution in [2.24, 2.45) is 4.99 Å². The van der Waals surface area contributed by atoms with Gasteiger partial charge in [0.05, 0.1) is 17.5 Å². The molecule has 0 radical (unpaired) electrons. The molecule has 0 bridgehead atoms. The molecule has 0 aromatic heterocycles. The largest absolute Gasteiger partial charge is 0.380 e. The molecule has 0 aliphatic heterocycles. The van der Waals surface area contributed by atoms with Crippen LogP contribution in [-0.4, -0.2) is 12.3 Å². The summed E-state index contributed by atoms with van der Waals surface area (Å²) in [7, 11) is 1.65. The van der Waals surface area contributed by atoms with E-state index >= 15 is 0 Å². The molecule has 0 amide bonds. The van der Waals surface area contributed by atoms with Crippen molar-refractivity contribution >= 4 is 23.1 Å². The summed E-state index contributed by atoms with van der Waals surface area (Å²) in [5.74, 6) is 0. The second-order valence-electron chi connectivity index (χ2n) is 2.26. The lowest BCUT2D eigenvalue weighted by atomic mass is 10.2. The van der Waals surface area contributed by atoms with Gasteiger partial charge in [0.1, 0.15) is 0 Å². The van der Waals surface area contributed by atoms with E-state index in [1.807, 2.05) is 24.3 Å². The van der Waals surface area contributed by atoms with Gasteiger partial charge in [-0.15, -0.1) is 0 Å². The van der Waals surface area contributed by atoms with E-state index in [9.17, 15) is 0 Å². The van der Waals surface area contributed by atoms with Gasteiger partial charge in [0.25, 0.3) is 0 Å². The molecule has 0 fully saturated rings. The molecule has 0 aliphatic carbocycles. The molecule has 2 nitrogen and oxygen atoms in total. The van der Waals surface area contributed by atoms with Crippen LogP contribution in [0.1, 0.15) is 5.56 Å². The summed E-state index contributed by atoms with van der Waals surface area (Å²) >= 11 is 4.52. The van der Waals surface area contributed by atoms with Crippen molar-refractivity contribution in [3.8, 4) is 0 Å². The van der Waals surface area contributed by atoms with Crippen molar-refractivity contribution in [1.82, 2.24) is 0 Å². The lowest BCUT2D eigenvalue weighted by Gasteiger charge is -2.01. The van der Waals surface area contributed by atoms with Crippen molar-refractivity contribution in [1.29, 1.82) is 0 Å². The Bertz CT molecular complexity index is 305. The van der Waals surface area contributed by atoms with Crippen LogP contribution in [0.3, 0.4) is 0 Å². The highest BCUT2D eigenvalue weighted by Crippen LogP contribution is 2.18. The first kappa shape index (κ1) is 9.07. The van der Waals surface area contributed by atoms with Crippen LogP contribution in [-0.2, 0) is 11.3 Å². The number of nitrogens with zero attached hydrogens (tertiary/aromatic N) is 1. The highest BCUT2D eigenvalue weighted by molar-refractivity contribution is 7.78. The number of aliphatic imine (C=N–C) groups is 1. The van der Waals surface area contributed by atoms with Crippen molar-refractivity contribution in [2.75, 3.05) is 7.11 Å². The Morgan fingerprint density at radius 1 is 1.50 bits per heavy atom. The molecule has 12 heavy (non-hydrogen) atoms. The van der Waals surface area contributed by atoms with Gasteiger partial charge in [0.15, 0.2) is 0 Å². The minimum absolute atomic E-state index is 0.552. The van der Waals surface area contributed by atoms with Gasteiger partial charge in [-0.25, -0.2) is 0 Å². The molecule has 1 aromatic rings. The Morgan fingerprint density at radius 2 is 2.25 bits per heavy atom. The Balaban J connectivity index is 2.99. The van der Waals surface area contributed by atoms with Gasteiger partial charge in [0, 0.05) is 12.7 Å². The Hall–Kier alpha value is -1.02. The molecule has 3 heteroatoms. The van der Waals surface area contributed by atoms with Crippen LogP contribution in [0.4, 0.5) is 5.69 Å². The zero-order chi connectivity index (χ0) is 8.81. The molecule has 0 spiro atoms. The van der Waals surface area contributed by atoms with Crippen LogP contribution in [0.25, 0.3) is 0 Å². The number of methoxy groups -OCH3 is 1. The lowest BCUT2D eigenvalue weighted by molar-refractivity contribution is 0.185. The summed E-state index contributed by atoms with van der Waals surface area (Å²) in [6.45, 7) is 0.552. The monoisotopic (exact) mass is 179 g/mol. The Morgan fingerprint density at radius 3 is 2.92 bits per heavy atom. The third kappa shape index (κ3) is 2.24. The molecule has 0 saturated heterocycles. The maximum absolute atomic E-state index is 4.99. The predicted molar refractivity (Wildman–Crippen MR) is 51.8 cm³/mol. The fourth-order valence-corrected chi connectivity index (χ4v) is 1.04. The number of isothiocyanates is 1. The summed E-state index contributed by atoms with van der Waals surface area (Å²) < 4.78 is 4.99. The van der Waals surface area contributed by atoms with Crippen LogP contribution in [0, 0.1) is 0 Å². The second-order valence-corrected chi connectivity index (χ2v) is 2.45. The molecule has 0 unspecified atom stereocenters. The predicted octanol–water partition coefficient (Wildman–Crippen LogP) is 2.57. The molecule has 62 valence electrons. The van der Waals surface area contributed by atoms with Crippen molar-refractivity contribution in [2.45, 2.75) is 6.61 Å². The van der Waals surface area contributed by atoms with Crippen LogP contribution < -0.4 is 0 Å². The molecule has 1 rings (SSSR count). The molecule has 0 aliphatic rings. The SMILES string of the molecule is COCc1ccccc1N=C=S. The highest BCUT2D eigenvalue weighted by atomic mass is 32.1. The third-order valence-corrected chi connectivity index (χ3v) is 1.55. The summed E-state index contributed by atoms with van der Waals surface area (Å²) in [6, 6.07) is 7.68. The fraction of sp³-hybridized carbons (Fsp3) is 0.222. The minimum atomic E-state index is 0.552. The number of hydrogen-bond acceptors (Lipinski definition) is 3. The van der Waals surface area contributed by atoms with E-state index < -0.39 is 0 Å². The average Bonchev–Trinajstić information content (AvgIpc) is 2.09. The maximum Gasteiger partial charge on any atom is 0.0794 e. The van der Waals surface area contributed by atoms with E-state index in [1.165, 1.54) is 0 Å². The first-order chi connectivity index (χ1) is 5.88. The Kier molecular flexibility index (Phi) is 3.61. The van der Waals surface area contributed by atoms with Gasteiger partial charge in [-0.05, 0) is 18.3 Å². The number of hydrogen-bond donors (Lipinski definition) is 0. The second kappa shape index (κ2) is 4.78. The van der Waals surface area contributed by atoms with E-state index in [0.717, 1.165) is 11.3 Å². The molecule has 0 atom stereocenters. The van der Waals surface area contributed by atoms with Gasteiger partial charge >= 0.3 is 0 Å². The molecule has 0 saturated carbocycles. The minimum Gasteiger partial charge on any atom is -0.380 e. The average molecular weight is 179 g/mol. The normalized spacial score (nSPS) is 9.08. The number of para-hydroxylation sites is 1. The fourth-order valence-electron chi connectivity index (χ4n) is 0.947. The summed E-state index contributed by atoms with van der Waals surface area (Å²) in [5.41, 5.74) is 1.85.